The Hall–Kier alpha value is -2.17. The summed E-state index contributed by atoms with van der Waals surface area (Å²) in [5.74, 6) is 0. The molecule has 0 aliphatic rings. The summed E-state index contributed by atoms with van der Waals surface area (Å²) in [5.41, 5.74) is -0.216. The summed E-state index contributed by atoms with van der Waals surface area (Å²) in [6.45, 7) is 0. The minimum Gasteiger partial charge on any atom is -0.515 e. The summed E-state index contributed by atoms with van der Waals surface area (Å²) >= 11 is 0. The normalized spacial score (nSPS) is 11.0. The SMILES string of the molecule is O=C/C(=C/O)c1ccccc1[N+](=O)[O-]. The number of nitro benzene ring substituents is 1. The molecule has 0 amide bonds. The average Bonchev–Trinajstić information content (AvgIpc) is 2.20. The summed E-state index contributed by atoms with van der Waals surface area (Å²) in [5, 5.41) is 19.2. The molecule has 0 spiro atoms. The summed E-state index contributed by atoms with van der Waals surface area (Å²) < 4.78 is 0. The number of allylic oxidation sites excluding steroid dienone is 1. The van der Waals surface area contributed by atoms with Gasteiger partial charge in [-0.25, -0.2) is 0 Å². The van der Waals surface area contributed by atoms with Gasteiger partial charge in [-0.2, -0.15) is 0 Å². The van der Waals surface area contributed by atoms with E-state index < -0.39 is 4.92 Å². The van der Waals surface area contributed by atoms with Crippen LogP contribution >= 0.6 is 0 Å². The number of hydrogen-bond donors (Lipinski definition) is 1. The van der Waals surface area contributed by atoms with Crippen LogP contribution in [0.2, 0.25) is 0 Å². The average molecular weight is 193 g/mol. The lowest BCUT2D eigenvalue weighted by atomic mass is 10.1. The molecule has 0 unspecified atom stereocenters. The van der Waals surface area contributed by atoms with Crippen molar-refractivity contribution >= 4 is 17.5 Å². The van der Waals surface area contributed by atoms with Gasteiger partial charge in [-0.3, -0.25) is 14.9 Å². The van der Waals surface area contributed by atoms with Gasteiger partial charge in [-0.05, 0) is 6.07 Å². The quantitative estimate of drug-likeness (QED) is 0.260. The zero-order valence-corrected chi connectivity index (χ0v) is 7.08. The molecule has 1 aromatic rings. The highest BCUT2D eigenvalue weighted by Gasteiger charge is 2.15. The van der Waals surface area contributed by atoms with Gasteiger partial charge in [-0.15, -0.1) is 0 Å². The number of rotatable bonds is 3. The second-order valence-electron chi connectivity index (χ2n) is 2.48. The maximum absolute atomic E-state index is 10.5. The highest BCUT2D eigenvalue weighted by molar-refractivity contribution is 6.08. The number of nitro groups is 1. The van der Waals surface area contributed by atoms with Gasteiger partial charge >= 0.3 is 0 Å². The van der Waals surface area contributed by atoms with E-state index >= 15 is 0 Å². The smallest absolute Gasteiger partial charge is 0.277 e. The highest BCUT2D eigenvalue weighted by atomic mass is 16.6. The van der Waals surface area contributed by atoms with Crippen LogP contribution in [0.3, 0.4) is 0 Å². The molecule has 0 saturated heterocycles. The van der Waals surface area contributed by atoms with Gasteiger partial charge in [0.15, 0.2) is 6.29 Å². The molecule has 72 valence electrons. The van der Waals surface area contributed by atoms with Gasteiger partial charge in [0.25, 0.3) is 5.69 Å². The minimum absolute atomic E-state index is 0.106. The fourth-order valence-electron chi connectivity index (χ4n) is 1.04. The first-order valence-corrected chi connectivity index (χ1v) is 3.74. The van der Waals surface area contributed by atoms with Crippen molar-refractivity contribution < 1.29 is 14.8 Å². The third-order valence-electron chi connectivity index (χ3n) is 1.68. The first-order valence-electron chi connectivity index (χ1n) is 3.74. The lowest BCUT2D eigenvalue weighted by Gasteiger charge is -1.99. The van der Waals surface area contributed by atoms with E-state index in [0.717, 1.165) is 0 Å². The van der Waals surface area contributed by atoms with Crippen molar-refractivity contribution in [1.82, 2.24) is 0 Å². The number of benzene rings is 1. The number of nitrogens with zero attached hydrogens (tertiary/aromatic N) is 1. The first-order chi connectivity index (χ1) is 6.70. The monoisotopic (exact) mass is 193 g/mol. The number of aliphatic hydroxyl groups is 1. The van der Waals surface area contributed by atoms with E-state index in [1.165, 1.54) is 18.2 Å². The minimum atomic E-state index is -0.609. The Morgan fingerprint density at radius 3 is 2.57 bits per heavy atom. The Morgan fingerprint density at radius 2 is 2.07 bits per heavy atom. The topological polar surface area (TPSA) is 80.4 Å². The molecule has 0 aromatic heterocycles. The van der Waals surface area contributed by atoms with Gasteiger partial charge in [0.2, 0.25) is 0 Å². The maximum Gasteiger partial charge on any atom is 0.277 e. The summed E-state index contributed by atoms with van der Waals surface area (Å²) in [7, 11) is 0. The van der Waals surface area contributed by atoms with E-state index in [-0.39, 0.29) is 16.8 Å². The third-order valence-corrected chi connectivity index (χ3v) is 1.68. The van der Waals surface area contributed by atoms with Crippen molar-refractivity contribution in [3.8, 4) is 0 Å². The second kappa shape index (κ2) is 4.18. The molecular weight excluding hydrogens is 186 g/mol. The van der Waals surface area contributed by atoms with Gasteiger partial charge in [0.05, 0.1) is 22.3 Å². The van der Waals surface area contributed by atoms with E-state index in [0.29, 0.717) is 12.5 Å². The molecule has 0 bridgehead atoms. The number of aliphatic hydroxyl groups excluding tert-OH is 1. The van der Waals surface area contributed by atoms with Gasteiger partial charge in [0, 0.05) is 6.07 Å². The first kappa shape index (κ1) is 9.91. The van der Waals surface area contributed by atoms with Crippen LogP contribution in [0, 0.1) is 10.1 Å². The molecule has 0 atom stereocenters. The van der Waals surface area contributed by atoms with Crippen LogP contribution in [0.25, 0.3) is 5.57 Å². The van der Waals surface area contributed by atoms with Crippen molar-refractivity contribution in [2.75, 3.05) is 0 Å². The van der Waals surface area contributed by atoms with E-state index in [1.54, 1.807) is 6.07 Å². The summed E-state index contributed by atoms with van der Waals surface area (Å²) in [6, 6.07) is 5.70. The van der Waals surface area contributed by atoms with Crippen LogP contribution in [0.1, 0.15) is 5.56 Å². The number of para-hydroxylation sites is 1. The van der Waals surface area contributed by atoms with Crippen LogP contribution in [-0.2, 0) is 4.79 Å². The summed E-state index contributed by atoms with van der Waals surface area (Å²) in [4.78, 5) is 20.4. The molecule has 14 heavy (non-hydrogen) atoms. The third kappa shape index (κ3) is 1.77. The molecule has 0 aliphatic heterocycles. The number of carbonyl (C=O) groups is 1. The van der Waals surface area contributed by atoms with E-state index in [9.17, 15) is 14.9 Å². The standard InChI is InChI=1S/C9H7NO4/c11-5-7(6-12)8-3-1-2-4-9(8)10(13)14/h1-6,11H/b7-5-. The molecule has 5 nitrogen and oxygen atoms in total. The van der Waals surface area contributed by atoms with E-state index in [4.69, 9.17) is 5.11 Å². The molecule has 1 N–H and O–H groups in total. The lowest BCUT2D eigenvalue weighted by molar-refractivity contribution is -0.385. The van der Waals surface area contributed by atoms with Crippen LogP contribution < -0.4 is 0 Å². The fraction of sp³-hybridized carbons (Fsp3) is 0. The predicted octanol–water partition coefficient (Wildman–Crippen LogP) is 1.69. The van der Waals surface area contributed by atoms with Gasteiger partial charge < -0.3 is 5.11 Å². The summed E-state index contributed by atoms with van der Waals surface area (Å²) in [6.07, 6.45) is 0.914. The van der Waals surface area contributed by atoms with Crippen LogP contribution in [-0.4, -0.2) is 16.3 Å². The Kier molecular flexibility index (Phi) is 2.96. The van der Waals surface area contributed by atoms with Crippen LogP contribution in [0.4, 0.5) is 5.69 Å². The molecule has 1 rings (SSSR count). The maximum atomic E-state index is 10.5. The fourth-order valence-corrected chi connectivity index (χ4v) is 1.04. The molecule has 0 fully saturated rings. The van der Waals surface area contributed by atoms with Gasteiger partial charge in [0.1, 0.15) is 0 Å². The van der Waals surface area contributed by atoms with Crippen molar-refractivity contribution in [1.29, 1.82) is 0 Å². The second-order valence-corrected chi connectivity index (χ2v) is 2.48. The molecule has 0 saturated carbocycles. The molecule has 0 radical (unpaired) electrons. The Bertz CT molecular complexity index is 398. The lowest BCUT2D eigenvalue weighted by Crippen LogP contribution is -1.95. The Labute approximate surface area is 79.4 Å². The molecule has 1 aromatic carbocycles. The number of hydrogen-bond acceptors (Lipinski definition) is 4. The number of carbonyl (C=O) groups excluding carboxylic acids is 1. The van der Waals surface area contributed by atoms with Crippen molar-refractivity contribution in [3.63, 3.8) is 0 Å². The molecule has 0 aliphatic carbocycles. The van der Waals surface area contributed by atoms with Crippen LogP contribution in [0.15, 0.2) is 30.5 Å². The van der Waals surface area contributed by atoms with Gasteiger partial charge in [-0.1, -0.05) is 12.1 Å². The molecular formula is C9H7NO4. The van der Waals surface area contributed by atoms with E-state index in [1.807, 2.05) is 0 Å². The number of aldehydes is 1. The molecule has 5 heteroatoms. The largest absolute Gasteiger partial charge is 0.515 e. The van der Waals surface area contributed by atoms with Crippen molar-refractivity contribution in [3.05, 3.63) is 46.2 Å². The van der Waals surface area contributed by atoms with Crippen LogP contribution in [0.5, 0.6) is 0 Å². The zero-order valence-electron chi connectivity index (χ0n) is 7.08. The predicted molar refractivity (Wildman–Crippen MR) is 49.8 cm³/mol. The van der Waals surface area contributed by atoms with E-state index in [2.05, 4.69) is 0 Å². The van der Waals surface area contributed by atoms with Crippen molar-refractivity contribution in [2.45, 2.75) is 0 Å². The Morgan fingerprint density at radius 1 is 1.43 bits per heavy atom. The molecule has 0 heterocycles. The Balaban J connectivity index is 3.33. The zero-order chi connectivity index (χ0) is 10.6. The highest BCUT2D eigenvalue weighted by Crippen LogP contribution is 2.23. The van der Waals surface area contributed by atoms with Crippen molar-refractivity contribution in [2.24, 2.45) is 0 Å².